The van der Waals surface area contributed by atoms with Crippen molar-refractivity contribution in [2.45, 2.75) is 34.2 Å². The lowest BCUT2D eigenvalue weighted by Gasteiger charge is -2.24. The number of nitrogens with one attached hydrogen (secondary N) is 2. The zero-order valence-corrected chi connectivity index (χ0v) is 16.5. The first-order valence-corrected chi connectivity index (χ1v) is 9.22. The van der Waals surface area contributed by atoms with E-state index >= 15 is 0 Å². The second-order valence-electron chi connectivity index (χ2n) is 6.84. The van der Waals surface area contributed by atoms with Crippen LogP contribution in [-0.2, 0) is 16.1 Å². The second kappa shape index (κ2) is 9.16. The van der Waals surface area contributed by atoms with Gasteiger partial charge in [0.1, 0.15) is 5.41 Å². The molecule has 6 heteroatoms. The van der Waals surface area contributed by atoms with Crippen LogP contribution in [0.15, 0.2) is 48.8 Å². The van der Waals surface area contributed by atoms with E-state index in [2.05, 4.69) is 34.4 Å². The minimum atomic E-state index is -1.19. The number of hydrogen-bond acceptors (Lipinski definition) is 4. The van der Waals surface area contributed by atoms with Crippen LogP contribution in [0.4, 0.5) is 11.4 Å². The molecule has 0 fully saturated rings. The second-order valence-corrected chi connectivity index (χ2v) is 6.84. The van der Waals surface area contributed by atoms with E-state index < -0.39 is 5.41 Å². The average molecular weight is 368 g/mol. The Balaban J connectivity index is 1.97. The Hall–Kier alpha value is -2.89. The zero-order chi connectivity index (χ0) is 19.9. The lowest BCUT2D eigenvalue weighted by atomic mass is 9.91. The van der Waals surface area contributed by atoms with E-state index in [1.54, 1.807) is 26.2 Å². The number of benzene rings is 1. The predicted octanol–water partition coefficient (Wildman–Crippen LogP) is 3.21. The molecule has 2 amide bonds. The van der Waals surface area contributed by atoms with Gasteiger partial charge in [-0.2, -0.15) is 0 Å². The summed E-state index contributed by atoms with van der Waals surface area (Å²) in [5, 5.41) is 5.65. The van der Waals surface area contributed by atoms with Gasteiger partial charge in [-0.15, -0.1) is 0 Å². The van der Waals surface area contributed by atoms with Gasteiger partial charge in [0, 0.05) is 43.4 Å². The van der Waals surface area contributed by atoms with Crippen molar-refractivity contribution >= 4 is 23.2 Å². The largest absolute Gasteiger partial charge is 0.372 e. The van der Waals surface area contributed by atoms with Gasteiger partial charge in [-0.1, -0.05) is 0 Å². The third-order valence-electron chi connectivity index (χ3n) is 4.59. The van der Waals surface area contributed by atoms with E-state index in [1.807, 2.05) is 36.4 Å². The molecule has 0 aliphatic carbocycles. The van der Waals surface area contributed by atoms with Gasteiger partial charge in [-0.25, -0.2) is 0 Å². The fraction of sp³-hybridized carbons (Fsp3) is 0.381. The Morgan fingerprint density at radius 1 is 0.963 bits per heavy atom. The molecule has 1 aromatic carbocycles. The number of anilines is 2. The molecule has 2 N–H and O–H groups in total. The van der Waals surface area contributed by atoms with Crippen molar-refractivity contribution in [3.63, 3.8) is 0 Å². The Labute approximate surface area is 161 Å². The van der Waals surface area contributed by atoms with Gasteiger partial charge < -0.3 is 15.5 Å². The monoisotopic (exact) mass is 368 g/mol. The van der Waals surface area contributed by atoms with Crippen molar-refractivity contribution in [1.29, 1.82) is 0 Å². The maximum Gasteiger partial charge on any atom is 0.239 e. The van der Waals surface area contributed by atoms with E-state index in [0.717, 1.165) is 24.3 Å². The zero-order valence-electron chi connectivity index (χ0n) is 16.5. The molecule has 0 aliphatic rings. The van der Waals surface area contributed by atoms with Crippen molar-refractivity contribution < 1.29 is 9.59 Å². The summed E-state index contributed by atoms with van der Waals surface area (Å²) in [4.78, 5) is 31.3. The fourth-order valence-corrected chi connectivity index (χ4v) is 2.64. The van der Waals surface area contributed by atoms with Crippen molar-refractivity contribution in [1.82, 2.24) is 10.3 Å². The molecule has 1 heterocycles. The molecule has 6 nitrogen and oxygen atoms in total. The lowest BCUT2D eigenvalue weighted by molar-refractivity contribution is -0.138. The first-order chi connectivity index (χ1) is 12.9. The summed E-state index contributed by atoms with van der Waals surface area (Å²) in [5.41, 5.74) is 1.52. The van der Waals surface area contributed by atoms with Crippen LogP contribution in [0.3, 0.4) is 0 Å². The minimum Gasteiger partial charge on any atom is -0.372 e. The van der Waals surface area contributed by atoms with E-state index in [1.165, 1.54) is 0 Å². The van der Waals surface area contributed by atoms with Gasteiger partial charge in [0.05, 0.1) is 0 Å². The number of rotatable bonds is 8. The smallest absolute Gasteiger partial charge is 0.239 e. The molecule has 1 aromatic heterocycles. The summed E-state index contributed by atoms with van der Waals surface area (Å²) in [7, 11) is 0. The number of pyridine rings is 1. The van der Waals surface area contributed by atoms with Crippen LogP contribution in [0.5, 0.6) is 0 Å². The highest BCUT2D eigenvalue weighted by atomic mass is 16.2. The minimum absolute atomic E-state index is 0.323. The Morgan fingerprint density at radius 2 is 1.56 bits per heavy atom. The molecule has 0 saturated heterocycles. The maximum absolute atomic E-state index is 12.6. The Bertz CT molecular complexity index is 754. The van der Waals surface area contributed by atoms with Crippen molar-refractivity contribution in [2.75, 3.05) is 23.3 Å². The molecule has 0 bridgehead atoms. The number of hydrogen-bond donors (Lipinski definition) is 2. The number of aromatic nitrogens is 1. The summed E-state index contributed by atoms with van der Waals surface area (Å²) in [5.74, 6) is -0.665. The van der Waals surface area contributed by atoms with Gasteiger partial charge in [-0.3, -0.25) is 14.6 Å². The number of carbonyl (C=O) groups excluding carboxylic acids is 2. The van der Waals surface area contributed by atoms with E-state index in [9.17, 15) is 9.59 Å². The quantitative estimate of drug-likeness (QED) is 0.702. The SMILES string of the molecule is CCN(CC)c1ccc(NC(=O)C(C)(C)C(=O)NCc2ccncc2)cc1. The molecule has 2 aromatic rings. The lowest BCUT2D eigenvalue weighted by Crippen LogP contribution is -2.44. The van der Waals surface area contributed by atoms with Crippen LogP contribution in [0.2, 0.25) is 0 Å². The number of nitrogens with zero attached hydrogens (tertiary/aromatic N) is 2. The molecule has 27 heavy (non-hydrogen) atoms. The molecule has 0 radical (unpaired) electrons. The van der Waals surface area contributed by atoms with Gasteiger partial charge in [0.25, 0.3) is 0 Å². The van der Waals surface area contributed by atoms with Crippen LogP contribution in [-0.4, -0.2) is 29.9 Å². The summed E-state index contributed by atoms with van der Waals surface area (Å²) >= 11 is 0. The maximum atomic E-state index is 12.6. The molecule has 0 spiro atoms. The summed E-state index contributed by atoms with van der Waals surface area (Å²) in [6.45, 7) is 9.65. The molecule has 0 saturated carbocycles. The van der Waals surface area contributed by atoms with Crippen molar-refractivity contribution in [3.05, 3.63) is 54.4 Å². The molecule has 2 rings (SSSR count). The highest BCUT2D eigenvalue weighted by Gasteiger charge is 2.35. The molecule has 144 valence electrons. The van der Waals surface area contributed by atoms with Gasteiger partial charge in [0.15, 0.2) is 0 Å². The fourth-order valence-electron chi connectivity index (χ4n) is 2.64. The topological polar surface area (TPSA) is 74.3 Å². The van der Waals surface area contributed by atoms with E-state index in [-0.39, 0.29) is 11.8 Å². The average Bonchev–Trinajstić information content (AvgIpc) is 2.69. The van der Waals surface area contributed by atoms with Crippen LogP contribution in [0.1, 0.15) is 33.3 Å². The van der Waals surface area contributed by atoms with E-state index in [0.29, 0.717) is 12.2 Å². The van der Waals surface area contributed by atoms with Crippen LogP contribution < -0.4 is 15.5 Å². The van der Waals surface area contributed by atoms with Gasteiger partial charge in [0.2, 0.25) is 11.8 Å². The number of carbonyl (C=O) groups is 2. The standard InChI is InChI=1S/C21H28N4O2/c1-5-25(6-2)18-9-7-17(8-10-18)24-20(27)21(3,4)19(26)23-15-16-11-13-22-14-12-16/h7-14H,5-6,15H2,1-4H3,(H,23,26)(H,24,27). The summed E-state index contributed by atoms with van der Waals surface area (Å²) < 4.78 is 0. The Morgan fingerprint density at radius 3 is 2.11 bits per heavy atom. The molecule has 0 atom stereocenters. The normalized spacial score (nSPS) is 11.0. The molecule has 0 aliphatic heterocycles. The van der Waals surface area contributed by atoms with Crippen LogP contribution >= 0.6 is 0 Å². The van der Waals surface area contributed by atoms with Crippen LogP contribution in [0, 0.1) is 5.41 Å². The van der Waals surface area contributed by atoms with Crippen molar-refractivity contribution in [3.8, 4) is 0 Å². The first-order valence-electron chi connectivity index (χ1n) is 9.22. The first kappa shape index (κ1) is 20.4. The molecule has 0 unspecified atom stereocenters. The molecular weight excluding hydrogens is 340 g/mol. The van der Waals surface area contributed by atoms with Gasteiger partial charge in [-0.05, 0) is 69.7 Å². The van der Waals surface area contributed by atoms with Gasteiger partial charge >= 0.3 is 0 Å². The van der Waals surface area contributed by atoms with Crippen LogP contribution in [0.25, 0.3) is 0 Å². The van der Waals surface area contributed by atoms with Crippen molar-refractivity contribution in [2.24, 2.45) is 5.41 Å². The van der Waals surface area contributed by atoms with E-state index in [4.69, 9.17) is 0 Å². The highest BCUT2D eigenvalue weighted by molar-refractivity contribution is 6.09. The Kier molecular flexibility index (Phi) is 6.93. The highest BCUT2D eigenvalue weighted by Crippen LogP contribution is 2.22. The number of amides is 2. The molecular formula is C21H28N4O2. The third-order valence-corrected chi connectivity index (χ3v) is 4.59. The summed E-state index contributed by atoms with van der Waals surface area (Å²) in [6, 6.07) is 11.3. The predicted molar refractivity (Wildman–Crippen MR) is 108 cm³/mol. The third kappa shape index (κ3) is 5.29. The summed E-state index contributed by atoms with van der Waals surface area (Å²) in [6.07, 6.45) is 3.34.